The van der Waals surface area contributed by atoms with Crippen LogP contribution < -0.4 is 10.5 Å². The van der Waals surface area contributed by atoms with Crippen LogP contribution in [-0.2, 0) is 10.0 Å². The molecule has 0 aromatic heterocycles. The molecule has 0 atom stereocenters. The van der Waals surface area contributed by atoms with Gasteiger partial charge in [0.1, 0.15) is 6.07 Å². The van der Waals surface area contributed by atoms with Crippen molar-refractivity contribution in [1.82, 2.24) is 0 Å². The van der Waals surface area contributed by atoms with Gasteiger partial charge >= 0.3 is 0 Å². The van der Waals surface area contributed by atoms with Crippen molar-refractivity contribution < 1.29 is 8.42 Å². The highest BCUT2D eigenvalue weighted by atomic mass is 79.9. The van der Waals surface area contributed by atoms with Gasteiger partial charge in [-0.1, -0.05) is 15.9 Å². The molecule has 2 aromatic carbocycles. The number of nitrogens with zero attached hydrogens (tertiary/aromatic N) is 1. The van der Waals surface area contributed by atoms with Crippen LogP contribution >= 0.6 is 31.9 Å². The molecule has 0 amide bonds. The Hall–Kier alpha value is -1.56. The average Bonchev–Trinajstić information content (AvgIpc) is 2.41. The number of nitrogens with two attached hydrogens (primary N) is 1. The molecule has 108 valence electrons. The summed E-state index contributed by atoms with van der Waals surface area (Å²) in [6.45, 7) is 0. The quantitative estimate of drug-likeness (QED) is 0.728. The molecular weight excluding hydrogens is 422 g/mol. The average molecular weight is 431 g/mol. The van der Waals surface area contributed by atoms with E-state index in [2.05, 4.69) is 36.6 Å². The van der Waals surface area contributed by atoms with Gasteiger partial charge in [0.2, 0.25) is 0 Å². The standard InChI is InChI=1S/C13H9Br2N3O2S/c14-9-2-1-8(7-16)13(5-9)18-21(19,20)10-3-4-11(15)12(17)6-10/h1-6,18H,17H2. The number of sulfonamides is 1. The lowest BCUT2D eigenvalue weighted by Gasteiger charge is -2.11. The lowest BCUT2D eigenvalue weighted by Crippen LogP contribution is -2.14. The molecule has 0 aliphatic carbocycles. The number of halogens is 2. The van der Waals surface area contributed by atoms with Gasteiger partial charge in [0.05, 0.1) is 16.1 Å². The monoisotopic (exact) mass is 429 g/mol. The Morgan fingerprint density at radius 3 is 2.48 bits per heavy atom. The summed E-state index contributed by atoms with van der Waals surface area (Å²) >= 11 is 6.45. The highest BCUT2D eigenvalue weighted by Crippen LogP contribution is 2.26. The molecule has 0 aliphatic heterocycles. The van der Waals surface area contributed by atoms with E-state index in [1.54, 1.807) is 12.1 Å². The zero-order chi connectivity index (χ0) is 15.6. The molecular formula is C13H9Br2N3O2S. The first-order valence-corrected chi connectivity index (χ1v) is 8.68. The predicted octanol–water partition coefficient (Wildman–Crippen LogP) is 3.47. The molecule has 8 heteroatoms. The van der Waals surface area contributed by atoms with Gasteiger partial charge in [-0.05, 0) is 52.3 Å². The van der Waals surface area contributed by atoms with Gasteiger partial charge in [0.15, 0.2) is 0 Å². The number of anilines is 2. The number of benzene rings is 2. The normalized spacial score (nSPS) is 10.9. The van der Waals surface area contributed by atoms with Crippen molar-refractivity contribution in [3.8, 4) is 6.07 Å². The summed E-state index contributed by atoms with van der Waals surface area (Å²) in [7, 11) is -3.82. The molecule has 0 fully saturated rings. The molecule has 0 saturated carbocycles. The molecule has 21 heavy (non-hydrogen) atoms. The number of nitrogen functional groups attached to an aromatic ring is 1. The largest absolute Gasteiger partial charge is 0.398 e. The Balaban J connectivity index is 2.45. The number of rotatable bonds is 3. The number of nitriles is 1. The van der Waals surface area contributed by atoms with Crippen LogP contribution in [0.25, 0.3) is 0 Å². The Morgan fingerprint density at radius 2 is 1.86 bits per heavy atom. The fourth-order valence-corrected chi connectivity index (χ4v) is 3.30. The van der Waals surface area contributed by atoms with Crippen molar-refractivity contribution in [2.75, 3.05) is 10.5 Å². The van der Waals surface area contributed by atoms with E-state index in [4.69, 9.17) is 11.0 Å². The van der Waals surface area contributed by atoms with Crippen molar-refractivity contribution in [1.29, 1.82) is 5.26 Å². The number of nitrogens with one attached hydrogen (secondary N) is 1. The van der Waals surface area contributed by atoms with Crippen LogP contribution in [0.3, 0.4) is 0 Å². The van der Waals surface area contributed by atoms with Crippen molar-refractivity contribution in [2.45, 2.75) is 4.90 Å². The molecule has 0 spiro atoms. The second kappa shape index (κ2) is 6.05. The molecule has 2 rings (SSSR count). The van der Waals surface area contributed by atoms with E-state index >= 15 is 0 Å². The van der Waals surface area contributed by atoms with Gasteiger partial charge in [0.25, 0.3) is 10.0 Å². The van der Waals surface area contributed by atoms with Crippen LogP contribution in [0.15, 0.2) is 50.2 Å². The molecule has 0 heterocycles. The highest BCUT2D eigenvalue weighted by Gasteiger charge is 2.17. The van der Waals surface area contributed by atoms with Crippen molar-refractivity contribution in [2.24, 2.45) is 0 Å². The highest BCUT2D eigenvalue weighted by molar-refractivity contribution is 9.10. The summed E-state index contributed by atoms with van der Waals surface area (Å²) in [5.74, 6) is 0. The third-order valence-corrected chi connectivity index (χ3v) is 5.20. The van der Waals surface area contributed by atoms with Crippen LogP contribution in [0.5, 0.6) is 0 Å². The fraction of sp³-hybridized carbons (Fsp3) is 0. The van der Waals surface area contributed by atoms with E-state index in [1.807, 2.05) is 6.07 Å². The van der Waals surface area contributed by atoms with Gasteiger partial charge < -0.3 is 5.73 Å². The molecule has 3 N–H and O–H groups in total. The van der Waals surface area contributed by atoms with E-state index in [0.717, 1.165) is 0 Å². The topological polar surface area (TPSA) is 96.0 Å². The third kappa shape index (κ3) is 3.56. The van der Waals surface area contributed by atoms with Gasteiger partial charge in [-0.3, -0.25) is 4.72 Å². The van der Waals surface area contributed by atoms with E-state index < -0.39 is 10.0 Å². The minimum Gasteiger partial charge on any atom is -0.398 e. The Bertz CT molecular complexity index is 845. The first kappa shape index (κ1) is 15.8. The maximum absolute atomic E-state index is 12.3. The van der Waals surface area contributed by atoms with Crippen molar-refractivity contribution in [3.05, 3.63) is 50.9 Å². The first-order chi connectivity index (χ1) is 9.83. The Labute approximate surface area is 139 Å². The van der Waals surface area contributed by atoms with Gasteiger partial charge in [-0.25, -0.2) is 8.42 Å². The SMILES string of the molecule is N#Cc1ccc(Br)cc1NS(=O)(=O)c1ccc(Br)c(N)c1. The minimum atomic E-state index is -3.82. The summed E-state index contributed by atoms with van der Waals surface area (Å²) in [5, 5.41) is 9.03. The minimum absolute atomic E-state index is 0.0204. The molecule has 0 bridgehead atoms. The summed E-state index contributed by atoms with van der Waals surface area (Å²) in [6, 6.07) is 11.0. The molecule has 5 nitrogen and oxygen atoms in total. The summed E-state index contributed by atoms with van der Waals surface area (Å²) in [4.78, 5) is 0.0204. The van der Waals surface area contributed by atoms with E-state index in [1.165, 1.54) is 24.3 Å². The van der Waals surface area contributed by atoms with Crippen LogP contribution in [0.1, 0.15) is 5.56 Å². The van der Waals surface area contributed by atoms with Crippen LogP contribution in [0.4, 0.5) is 11.4 Å². The van der Waals surface area contributed by atoms with E-state index in [-0.39, 0.29) is 16.1 Å². The lowest BCUT2D eigenvalue weighted by atomic mass is 10.2. The summed E-state index contributed by atoms with van der Waals surface area (Å²) < 4.78 is 28.3. The maximum atomic E-state index is 12.3. The van der Waals surface area contributed by atoms with E-state index in [0.29, 0.717) is 14.6 Å². The second-order valence-electron chi connectivity index (χ2n) is 4.09. The zero-order valence-electron chi connectivity index (χ0n) is 10.5. The van der Waals surface area contributed by atoms with Crippen LogP contribution in [-0.4, -0.2) is 8.42 Å². The van der Waals surface area contributed by atoms with Crippen LogP contribution in [0, 0.1) is 11.3 Å². The van der Waals surface area contributed by atoms with Gasteiger partial charge in [0, 0.05) is 14.6 Å². The maximum Gasteiger partial charge on any atom is 0.262 e. The molecule has 0 aliphatic rings. The predicted molar refractivity (Wildman–Crippen MR) is 88.2 cm³/mol. The molecule has 0 saturated heterocycles. The smallest absolute Gasteiger partial charge is 0.262 e. The van der Waals surface area contributed by atoms with Gasteiger partial charge in [-0.2, -0.15) is 5.26 Å². The lowest BCUT2D eigenvalue weighted by molar-refractivity contribution is 0.601. The zero-order valence-corrected chi connectivity index (χ0v) is 14.5. The summed E-state index contributed by atoms with van der Waals surface area (Å²) in [6.07, 6.45) is 0. The van der Waals surface area contributed by atoms with Crippen LogP contribution in [0.2, 0.25) is 0 Å². The third-order valence-electron chi connectivity index (χ3n) is 2.62. The van der Waals surface area contributed by atoms with E-state index in [9.17, 15) is 8.42 Å². The Kier molecular flexibility index (Phi) is 4.56. The first-order valence-electron chi connectivity index (χ1n) is 5.61. The number of hydrogen-bond donors (Lipinski definition) is 2. The van der Waals surface area contributed by atoms with Gasteiger partial charge in [-0.15, -0.1) is 0 Å². The summed E-state index contributed by atoms with van der Waals surface area (Å²) in [5.41, 5.74) is 6.44. The fourth-order valence-electron chi connectivity index (χ4n) is 1.59. The Morgan fingerprint density at radius 1 is 1.14 bits per heavy atom. The second-order valence-corrected chi connectivity index (χ2v) is 7.54. The molecule has 0 radical (unpaired) electrons. The van der Waals surface area contributed by atoms with Crippen molar-refractivity contribution >= 4 is 53.3 Å². The number of hydrogen-bond acceptors (Lipinski definition) is 4. The molecule has 2 aromatic rings. The van der Waals surface area contributed by atoms with Crippen molar-refractivity contribution in [3.63, 3.8) is 0 Å². The molecule has 0 unspecified atom stereocenters.